The standard InChI is InChI=1S/C18H35N5/c1-19-12-14-21(15-13-19)9-5-11-23-17-16-22(18-23)10-4-8-20-6-2-3-7-20/h2-17H2,1H3. The summed E-state index contributed by atoms with van der Waals surface area (Å²) in [5.74, 6) is 0. The fourth-order valence-electron chi connectivity index (χ4n) is 3.91. The molecular formula is C18H35N5. The average Bonchev–Trinajstić information content (AvgIpc) is 3.22. The van der Waals surface area contributed by atoms with Gasteiger partial charge in [-0.25, -0.2) is 0 Å². The van der Waals surface area contributed by atoms with E-state index in [1.807, 2.05) is 0 Å². The van der Waals surface area contributed by atoms with Gasteiger partial charge in [-0.05, 0) is 58.9 Å². The maximum Gasteiger partial charge on any atom is 0.146 e. The molecule has 3 rings (SSSR count). The first-order valence-electron chi connectivity index (χ1n) is 9.69. The van der Waals surface area contributed by atoms with Crippen LogP contribution >= 0.6 is 0 Å². The first-order valence-corrected chi connectivity index (χ1v) is 9.69. The maximum atomic E-state index is 3.58. The van der Waals surface area contributed by atoms with E-state index in [-0.39, 0.29) is 0 Å². The van der Waals surface area contributed by atoms with Crippen LogP contribution in [0.15, 0.2) is 0 Å². The molecule has 3 heterocycles. The van der Waals surface area contributed by atoms with Crippen molar-refractivity contribution in [3.05, 3.63) is 6.67 Å². The van der Waals surface area contributed by atoms with Crippen molar-refractivity contribution in [1.29, 1.82) is 0 Å². The second-order valence-corrected chi connectivity index (χ2v) is 7.47. The van der Waals surface area contributed by atoms with Gasteiger partial charge in [-0.3, -0.25) is 9.80 Å². The molecule has 0 aliphatic carbocycles. The van der Waals surface area contributed by atoms with Crippen LogP contribution < -0.4 is 0 Å². The van der Waals surface area contributed by atoms with Gasteiger partial charge in [0.2, 0.25) is 0 Å². The topological polar surface area (TPSA) is 16.2 Å². The van der Waals surface area contributed by atoms with Crippen molar-refractivity contribution in [3.8, 4) is 0 Å². The lowest BCUT2D eigenvalue weighted by molar-refractivity contribution is 0.149. The first-order chi connectivity index (χ1) is 11.3. The molecule has 0 amide bonds. The van der Waals surface area contributed by atoms with Crippen molar-refractivity contribution >= 4 is 0 Å². The van der Waals surface area contributed by atoms with Crippen molar-refractivity contribution in [2.75, 3.05) is 85.6 Å². The molecule has 0 saturated carbocycles. The molecule has 3 saturated heterocycles. The molecule has 5 nitrogen and oxygen atoms in total. The van der Waals surface area contributed by atoms with Gasteiger partial charge in [0.25, 0.3) is 0 Å². The van der Waals surface area contributed by atoms with E-state index < -0.39 is 0 Å². The van der Waals surface area contributed by atoms with Gasteiger partial charge in [-0.1, -0.05) is 0 Å². The van der Waals surface area contributed by atoms with Gasteiger partial charge in [0.05, 0.1) is 0 Å². The molecule has 23 heavy (non-hydrogen) atoms. The summed E-state index contributed by atoms with van der Waals surface area (Å²) < 4.78 is 0. The number of hydrogen-bond donors (Lipinski definition) is 0. The first kappa shape index (κ1) is 17.6. The van der Waals surface area contributed by atoms with Crippen LogP contribution in [0, 0.1) is 6.67 Å². The summed E-state index contributed by atoms with van der Waals surface area (Å²) in [6.07, 6.45) is 5.38. The number of nitrogens with zero attached hydrogens (tertiary/aromatic N) is 5. The molecule has 5 heteroatoms. The second kappa shape index (κ2) is 9.33. The lowest BCUT2D eigenvalue weighted by Gasteiger charge is -2.32. The van der Waals surface area contributed by atoms with Crippen molar-refractivity contribution in [3.63, 3.8) is 0 Å². The lowest BCUT2D eigenvalue weighted by Crippen LogP contribution is -2.45. The Bertz CT molecular complexity index is 323. The third-order valence-corrected chi connectivity index (χ3v) is 5.52. The molecule has 0 spiro atoms. The van der Waals surface area contributed by atoms with E-state index in [0.29, 0.717) is 0 Å². The van der Waals surface area contributed by atoms with E-state index in [2.05, 4.69) is 38.2 Å². The minimum Gasteiger partial charge on any atom is -0.304 e. The van der Waals surface area contributed by atoms with Gasteiger partial charge < -0.3 is 14.7 Å². The molecule has 0 bridgehead atoms. The highest BCUT2D eigenvalue weighted by Crippen LogP contribution is 2.13. The molecule has 3 aliphatic heterocycles. The van der Waals surface area contributed by atoms with Crippen LogP contribution in [-0.2, 0) is 0 Å². The van der Waals surface area contributed by atoms with E-state index in [4.69, 9.17) is 0 Å². The number of hydrogen-bond acceptors (Lipinski definition) is 5. The molecule has 132 valence electrons. The number of likely N-dealkylation sites (tertiary alicyclic amines) is 1. The molecule has 0 atom stereocenters. The van der Waals surface area contributed by atoms with Gasteiger partial charge in [0.15, 0.2) is 0 Å². The average molecular weight is 322 g/mol. The number of likely N-dealkylation sites (N-methyl/N-ethyl adjacent to an activating group) is 1. The SMILES string of the molecule is CN1CCN(CCCN2[C]N(CCCN3CCCC3)CC2)CC1. The summed E-state index contributed by atoms with van der Waals surface area (Å²) in [5, 5.41) is 0. The summed E-state index contributed by atoms with van der Waals surface area (Å²) in [6, 6.07) is 0. The van der Waals surface area contributed by atoms with E-state index in [9.17, 15) is 0 Å². The normalized spacial score (nSPS) is 26.5. The molecular weight excluding hydrogens is 286 g/mol. The van der Waals surface area contributed by atoms with Crippen molar-refractivity contribution < 1.29 is 0 Å². The maximum absolute atomic E-state index is 3.58. The third kappa shape index (κ3) is 5.98. The summed E-state index contributed by atoms with van der Waals surface area (Å²) in [6.45, 7) is 18.4. The van der Waals surface area contributed by atoms with Gasteiger partial charge in [0, 0.05) is 52.4 Å². The minimum absolute atomic E-state index is 1.17. The molecule has 0 aromatic heterocycles. The third-order valence-electron chi connectivity index (χ3n) is 5.52. The van der Waals surface area contributed by atoms with Crippen LogP contribution in [-0.4, -0.2) is 110 Å². The Morgan fingerprint density at radius 3 is 1.70 bits per heavy atom. The van der Waals surface area contributed by atoms with E-state index in [1.165, 1.54) is 104 Å². The number of piperazine rings is 1. The largest absolute Gasteiger partial charge is 0.304 e. The number of rotatable bonds is 8. The zero-order chi connectivity index (χ0) is 15.9. The van der Waals surface area contributed by atoms with Gasteiger partial charge >= 0.3 is 0 Å². The van der Waals surface area contributed by atoms with Crippen LogP contribution in [0.1, 0.15) is 25.7 Å². The van der Waals surface area contributed by atoms with Gasteiger partial charge in [-0.15, -0.1) is 0 Å². The Kier molecular flexibility index (Phi) is 7.14. The highest BCUT2D eigenvalue weighted by molar-refractivity contribution is 4.81. The summed E-state index contributed by atoms with van der Waals surface area (Å²) in [7, 11) is 2.23. The zero-order valence-electron chi connectivity index (χ0n) is 15.0. The summed E-state index contributed by atoms with van der Waals surface area (Å²) >= 11 is 0. The zero-order valence-corrected chi connectivity index (χ0v) is 15.0. The fraction of sp³-hybridized carbons (Fsp3) is 0.944. The monoisotopic (exact) mass is 321 g/mol. The predicted molar refractivity (Wildman–Crippen MR) is 95.2 cm³/mol. The van der Waals surface area contributed by atoms with Crippen LogP contribution in [0.2, 0.25) is 0 Å². The Labute approximate surface area is 143 Å². The van der Waals surface area contributed by atoms with Crippen molar-refractivity contribution in [1.82, 2.24) is 24.5 Å². The van der Waals surface area contributed by atoms with Crippen LogP contribution in [0.5, 0.6) is 0 Å². The highest BCUT2D eigenvalue weighted by atomic mass is 15.4. The second-order valence-electron chi connectivity index (χ2n) is 7.47. The Morgan fingerprint density at radius 2 is 1.13 bits per heavy atom. The van der Waals surface area contributed by atoms with Gasteiger partial charge in [-0.2, -0.15) is 0 Å². The van der Waals surface area contributed by atoms with Crippen molar-refractivity contribution in [2.24, 2.45) is 0 Å². The van der Waals surface area contributed by atoms with Crippen LogP contribution in [0.3, 0.4) is 0 Å². The molecule has 3 fully saturated rings. The molecule has 0 aromatic rings. The quantitative estimate of drug-likeness (QED) is 0.653. The lowest BCUT2D eigenvalue weighted by atomic mass is 10.3. The smallest absolute Gasteiger partial charge is 0.146 e. The van der Waals surface area contributed by atoms with Gasteiger partial charge in [0.1, 0.15) is 6.67 Å². The molecule has 3 aliphatic rings. The highest BCUT2D eigenvalue weighted by Gasteiger charge is 2.22. The van der Waals surface area contributed by atoms with Crippen LogP contribution in [0.25, 0.3) is 0 Å². The predicted octanol–water partition coefficient (Wildman–Crippen LogP) is 0.724. The van der Waals surface area contributed by atoms with Crippen molar-refractivity contribution in [2.45, 2.75) is 25.7 Å². The summed E-state index contributed by atoms with van der Waals surface area (Å²) in [4.78, 5) is 12.5. The Morgan fingerprint density at radius 1 is 0.609 bits per heavy atom. The Balaban J connectivity index is 1.21. The van der Waals surface area contributed by atoms with E-state index in [1.54, 1.807) is 0 Å². The van der Waals surface area contributed by atoms with E-state index >= 15 is 0 Å². The van der Waals surface area contributed by atoms with Crippen LogP contribution in [0.4, 0.5) is 0 Å². The molecule has 0 N–H and O–H groups in total. The minimum atomic E-state index is 1.17. The molecule has 0 unspecified atom stereocenters. The summed E-state index contributed by atoms with van der Waals surface area (Å²) in [5.41, 5.74) is 0. The van der Waals surface area contributed by atoms with E-state index in [0.717, 1.165) is 0 Å². The molecule has 0 aromatic carbocycles. The molecule has 2 radical (unpaired) electrons. The fourth-order valence-corrected chi connectivity index (χ4v) is 3.91. The Hall–Kier alpha value is -0.200.